The van der Waals surface area contributed by atoms with E-state index in [0.717, 1.165) is 22.2 Å². The SMILES string of the molecule is C[C@@H]1CN(C(=O)Nc2cccc3[nH]ccc23)C[C@@H](c2ccsc2)O1. The molecule has 3 aromatic rings. The molecule has 6 heteroatoms. The third-order valence-corrected chi connectivity index (χ3v) is 5.00. The van der Waals surface area contributed by atoms with Gasteiger partial charge >= 0.3 is 6.03 Å². The number of nitrogens with zero attached hydrogens (tertiary/aromatic N) is 1. The number of aromatic nitrogens is 1. The van der Waals surface area contributed by atoms with Gasteiger partial charge in [-0.3, -0.25) is 0 Å². The minimum absolute atomic E-state index is 0.0115. The highest BCUT2D eigenvalue weighted by atomic mass is 32.1. The molecule has 0 bridgehead atoms. The third kappa shape index (κ3) is 2.90. The summed E-state index contributed by atoms with van der Waals surface area (Å²) in [6, 6.07) is 9.80. The topological polar surface area (TPSA) is 57.4 Å². The van der Waals surface area contributed by atoms with Crippen LogP contribution in [0.25, 0.3) is 10.9 Å². The number of aromatic amines is 1. The van der Waals surface area contributed by atoms with Gasteiger partial charge in [0.05, 0.1) is 18.3 Å². The number of amides is 2. The van der Waals surface area contributed by atoms with Crippen LogP contribution in [0.3, 0.4) is 0 Å². The Kier molecular flexibility index (Phi) is 4.00. The van der Waals surface area contributed by atoms with Crippen molar-refractivity contribution in [2.24, 2.45) is 0 Å². The molecule has 0 aliphatic carbocycles. The smallest absolute Gasteiger partial charge is 0.322 e. The summed E-state index contributed by atoms with van der Waals surface area (Å²) < 4.78 is 6.00. The van der Waals surface area contributed by atoms with Crippen molar-refractivity contribution in [1.82, 2.24) is 9.88 Å². The van der Waals surface area contributed by atoms with E-state index < -0.39 is 0 Å². The summed E-state index contributed by atoms with van der Waals surface area (Å²) in [4.78, 5) is 17.7. The molecule has 124 valence electrons. The van der Waals surface area contributed by atoms with Crippen LogP contribution in [0.5, 0.6) is 0 Å². The van der Waals surface area contributed by atoms with Crippen molar-refractivity contribution in [2.45, 2.75) is 19.1 Å². The Hall–Kier alpha value is -2.31. The zero-order chi connectivity index (χ0) is 16.5. The second-order valence-electron chi connectivity index (χ2n) is 6.07. The zero-order valence-electron chi connectivity index (χ0n) is 13.4. The van der Waals surface area contributed by atoms with Crippen LogP contribution < -0.4 is 5.32 Å². The van der Waals surface area contributed by atoms with Gasteiger partial charge in [-0.2, -0.15) is 11.3 Å². The van der Waals surface area contributed by atoms with Crippen molar-refractivity contribution < 1.29 is 9.53 Å². The largest absolute Gasteiger partial charge is 0.367 e. The summed E-state index contributed by atoms with van der Waals surface area (Å²) in [5, 5.41) is 8.18. The van der Waals surface area contributed by atoms with Gasteiger partial charge in [0.25, 0.3) is 0 Å². The third-order valence-electron chi connectivity index (χ3n) is 4.30. The number of hydrogen-bond donors (Lipinski definition) is 2. The Morgan fingerprint density at radius 1 is 1.33 bits per heavy atom. The van der Waals surface area contributed by atoms with E-state index in [-0.39, 0.29) is 18.2 Å². The minimum atomic E-state index is -0.0842. The van der Waals surface area contributed by atoms with Crippen molar-refractivity contribution >= 4 is 34.0 Å². The molecule has 0 saturated carbocycles. The molecule has 5 nitrogen and oxygen atoms in total. The van der Waals surface area contributed by atoms with E-state index in [0.29, 0.717) is 13.1 Å². The lowest BCUT2D eigenvalue weighted by Crippen LogP contribution is -2.47. The molecule has 1 fully saturated rings. The molecule has 1 aliphatic heterocycles. The number of rotatable bonds is 2. The van der Waals surface area contributed by atoms with E-state index in [4.69, 9.17) is 4.74 Å². The second kappa shape index (κ2) is 6.30. The Bertz CT molecular complexity index is 843. The number of urea groups is 1. The first-order valence-electron chi connectivity index (χ1n) is 8.00. The van der Waals surface area contributed by atoms with Gasteiger partial charge in [-0.05, 0) is 47.5 Å². The summed E-state index contributed by atoms with van der Waals surface area (Å²) in [5.41, 5.74) is 2.97. The van der Waals surface area contributed by atoms with E-state index in [1.165, 1.54) is 0 Å². The highest BCUT2D eigenvalue weighted by molar-refractivity contribution is 7.07. The molecule has 24 heavy (non-hydrogen) atoms. The molecule has 2 atom stereocenters. The molecule has 0 unspecified atom stereocenters. The average molecular weight is 341 g/mol. The molecule has 0 spiro atoms. The fourth-order valence-electron chi connectivity index (χ4n) is 3.15. The summed E-state index contributed by atoms with van der Waals surface area (Å²) >= 11 is 1.65. The summed E-state index contributed by atoms with van der Waals surface area (Å²) in [5.74, 6) is 0. The first-order valence-corrected chi connectivity index (χ1v) is 8.94. The summed E-state index contributed by atoms with van der Waals surface area (Å²) in [6.45, 7) is 3.16. The van der Waals surface area contributed by atoms with Crippen LogP contribution in [0.1, 0.15) is 18.6 Å². The summed E-state index contributed by atoms with van der Waals surface area (Å²) in [7, 11) is 0. The molecule has 2 aromatic heterocycles. The molecule has 2 amide bonds. The number of anilines is 1. The lowest BCUT2D eigenvalue weighted by atomic mass is 10.1. The first kappa shape index (κ1) is 15.2. The van der Waals surface area contributed by atoms with Crippen molar-refractivity contribution in [3.63, 3.8) is 0 Å². The first-order chi connectivity index (χ1) is 11.7. The number of carbonyl (C=O) groups is 1. The Morgan fingerprint density at radius 3 is 3.08 bits per heavy atom. The van der Waals surface area contributed by atoms with Crippen molar-refractivity contribution in [2.75, 3.05) is 18.4 Å². The number of thiophene rings is 1. The monoisotopic (exact) mass is 341 g/mol. The normalized spacial score (nSPS) is 21.1. The van der Waals surface area contributed by atoms with Gasteiger partial charge in [-0.25, -0.2) is 4.79 Å². The van der Waals surface area contributed by atoms with E-state index in [2.05, 4.69) is 21.7 Å². The maximum atomic E-state index is 12.7. The number of morpholine rings is 1. The highest BCUT2D eigenvalue weighted by Crippen LogP contribution is 2.28. The van der Waals surface area contributed by atoms with Crippen LogP contribution in [-0.2, 0) is 4.74 Å². The van der Waals surface area contributed by atoms with Crippen LogP contribution in [0.4, 0.5) is 10.5 Å². The van der Waals surface area contributed by atoms with E-state index >= 15 is 0 Å². The number of nitrogens with one attached hydrogen (secondary N) is 2. The number of H-pyrrole nitrogens is 1. The molecule has 1 aliphatic rings. The number of hydrogen-bond acceptors (Lipinski definition) is 3. The van der Waals surface area contributed by atoms with Gasteiger partial charge < -0.3 is 19.9 Å². The zero-order valence-corrected chi connectivity index (χ0v) is 14.2. The molecule has 3 heterocycles. The maximum absolute atomic E-state index is 12.7. The van der Waals surface area contributed by atoms with Crippen molar-refractivity contribution in [3.05, 3.63) is 52.9 Å². The number of ether oxygens (including phenoxy) is 1. The van der Waals surface area contributed by atoms with Crippen LogP contribution in [0.2, 0.25) is 0 Å². The maximum Gasteiger partial charge on any atom is 0.322 e. The van der Waals surface area contributed by atoms with Gasteiger partial charge in [-0.1, -0.05) is 6.07 Å². The predicted octanol–water partition coefficient (Wildman–Crippen LogP) is 4.22. The van der Waals surface area contributed by atoms with Crippen LogP contribution in [0.15, 0.2) is 47.3 Å². The quantitative estimate of drug-likeness (QED) is 0.733. The Balaban J connectivity index is 1.52. The van der Waals surface area contributed by atoms with Crippen LogP contribution in [0, 0.1) is 0 Å². The van der Waals surface area contributed by atoms with E-state index in [1.54, 1.807) is 11.3 Å². The minimum Gasteiger partial charge on any atom is -0.367 e. The van der Waals surface area contributed by atoms with Gasteiger partial charge in [-0.15, -0.1) is 0 Å². The number of fused-ring (bicyclic) bond motifs is 1. The van der Waals surface area contributed by atoms with E-state index in [1.807, 2.05) is 47.7 Å². The fraction of sp³-hybridized carbons (Fsp3) is 0.278. The molecular weight excluding hydrogens is 322 g/mol. The lowest BCUT2D eigenvalue weighted by Gasteiger charge is -2.36. The van der Waals surface area contributed by atoms with E-state index in [9.17, 15) is 4.79 Å². The summed E-state index contributed by atoms with van der Waals surface area (Å²) in [6.07, 6.45) is 1.83. The Morgan fingerprint density at radius 2 is 2.25 bits per heavy atom. The van der Waals surface area contributed by atoms with Crippen molar-refractivity contribution in [1.29, 1.82) is 0 Å². The van der Waals surface area contributed by atoms with Gasteiger partial charge in [0.1, 0.15) is 6.10 Å². The standard InChI is InChI=1S/C18H19N3O2S/c1-12-9-21(10-17(23-12)13-6-8-24-11-13)18(22)20-16-4-2-3-15-14(16)5-7-19-15/h2-8,11-12,17,19H,9-10H2,1H3,(H,20,22)/t12-,17+/m1/s1. The predicted molar refractivity (Wildman–Crippen MR) is 96.5 cm³/mol. The number of carbonyl (C=O) groups excluding carboxylic acids is 1. The molecule has 4 rings (SSSR count). The second-order valence-corrected chi connectivity index (χ2v) is 6.85. The molecular formula is C18H19N3O2S. The highest BCUT2D eigenvalue weighted by Gasteiger charge is 2.29. The van der Waals surface area contributed by atoms with Crippen LogP contribution in [-0.4, -0.2) is 35.1 Å². The van der Waals surface area contributed by atoms with Crippen molar-refractivity contribution in [3.8, 4) is 0 Å². The molecule has 1 saturated heterocycles. The number of benzene rings is 1. The molecule has 2 N–H and O–H groups in total. The lowest BCUT2D eigenvalue weighted by molar-refractivity contribution is -0.0640. The molecule has 0 radical (unpaired) electrons. The molecule has 1 aromatic carbocycles. The average Bonchev–Trinajstić information content (AvgIpc) is 3.26. The van der Waals surface area contributed by atoms with Crippen LogP contribution >= 0.6 is 11.3 Å². The van der Waals surface area contributed by atoms with Gasteiger partial charge in [0.2, 0.25) is 0 Å². The Labute approximate surface area is 144 Å². The fourth-order valence-corrected chi connectivity index (χ4v) is 3.85. The van der Waals surface area contributed by atoms with Gasteiger partial charge in [0, 0.05) is 23.6 Å². The van der Waals surface area contributed by atoms with Gasteiger partial charge in [0.15, 0.2) is 0 Å².